The van der Waals surface area contributed by atoms with Crippen LogP contribution in [-0.4, -0.2) is 24.2 Å². The van der Waals surface area contributed by atoms with Crippen LogP contribution >= 0.6 is 0 Å². The van der Waals surface area contributed by atoms with Gasteiger partial charge in [-0.25, -0.2) is 9.29 Å². The molecule has 0 unspecified atom stereocenters. The van der Waals surface area contributed by atoms with Gasteiger partial charge in [0, 0.05) is 11.6 Å². The summed E-state index contributed by atoms with van der Waals surface area (Å²) in [6.07, 6.45) is 5.42. The monoisotopic (exact) mass is 417 g/mol. The maximum atomic E-state index is 13.2. The zero-order chi connectivity index (χ0) is 21.3. The van der Waals surface area contributed by atoms with Gasteiger partial charge in [-0.1, -0.05) is 18.2 Å². The SMILES string of the molecule is O=C(COc1cccc(N2C(=O)[C@@H]3[C@@H]4C=C[C@H]([C@H]5C[C@H]45)[C@@H]3C2=O)c1)c1ccc(F)cc1. The molecular weight excluding hydrogens is 397 g/mol. The third-order valence-corrected chi connectivity index (χ3v) is 7.27. The number of hydrogen-bond acceptors (Lipinski definition) is 4. The van der Waals surface area contributed by atoms with Crippen molar-refractivity contribution >= 4 is 23.3 Å². The minimum Gasteiger partial charge on any atom is -0.485 e. The van der Waals surface area contributed by atoms with Crippen LogP contribution in [0.4, 0.5) is 10.1 Å². The Morgan fingerprint density at radius 1 is 0.968 bits per heavy atom. The van der Waals surface area contributed by atoms with E-state index in [2.05, 4.69) is 12.2 Å². The van der Waals surface area contributed by atoms with Crippen molar-refractivity contribution < 1.29 is 23.5 Å². The molecule has 2 aromatic carbocycles. The molecule has 0 N–H and O–H groups in total. The lowest BCUT2D eigenvalue weighted by atomic mass is 9.63. The fraction of sp³-hybridized carbons (Fsp3) is 0.320. The van der Waals surface area contributed by atoms with Crippen LogP contribution < -0.4 is 9.64 Å². The van der Waals surface area contributed by atoms with E-state index in [4.69, 9.17) is 4.74 Å². The molecule has 7 rings (SSSR count). The number of carbonyl (C=O) groups excluding carboxylic acids is 3. The zero-order valence-corrected chi connectivity index (χ0v) is 16.6. The first-order valence-electron chi connectivity index (χ1n) is 10.6. The van der Waals surface area contributed by atoms with Crippen molar-refractivity contribution in [2.45, 2.75) is 6.42 Å². The van der Waals surface area contributed by atoms with E-state index >= 15 is 0 Å². The van der Waals surface area contributed by atoms with Gasteiger partial charge in [0.1, 0.15) is 11.6 Å². The molecule has 2 bridgehead atoms. The fourth-order valence-electron chi connectivity index (χ4n) is 5.79. The average molecular weight is 417 g/mol. The number of nitrogens with zero attached hydrogens (tertiary/aromatic N) is 1. The number of rotatable bonds is 5. The second-order valence-electron chi connectivity index (χ2n) is 8.88. The number of anilines is 1. The molecule has 0 radical (unpaired) electrons. The van der Waals surface area contributed by atoms with Crippen molar-refractivity contribution in [1.82, 2.24) is 0 Å². The van der Waals surface area contributed by atoms with Gasteiger partial charge >= 0.3 is 0 Å². The summed E-state index contributed by atoms with van der Waals surface area (Å²) in [5.74, 6) is 0.402. The first kappa shape index (κ1) is 18.5. The van der Waals surface area contributed by atoms with E-state index in [0.717, 1.165) is 6.42 Å². The first-order chi connectivity index (χ1) is 15.0. The molecule has 4 aliphatic carbocycles. The number of imide groups is 1. The number of allylic oxidation sites excluding steroid dienone is 2. The maximum Gasteiger partial charge on any atom is 0.238 e. The second-order valence-corrected chi connectivity index (χ2v) is 8.88. The van der Waals surface area contributed by atoms with Crippen LogP contribution in [0.5, 0.6) is 5.75 Å². The van der Waals surface area contributed by atoms with E-state index in [1.54, 1.807) is 24.3 Å². The summed E-state index contributed by atoms with van der Waals surface area (Å²) >= 11 is 0. The summed E-state index contributed by atoms with van der Waals surface area (Å²) < 4.78 is 18.7. The smallest absolute Gasteiger partial charge is 0.238 e. The predicted molar refractivity (Wildman–Crippen MR) is 110 cm³/mol. The fourth-order valence-corrected chi connectivity index (χ4v) is 5.79. The second kappa shape index (κ2) is 6.61. The normalized spacial score (nSPS) is 32.1. The number of carbonyl (C=O) groups is 3. The van der Waals surface area contributed by atoms with Gasteiger partial charge in [0.25, 0.3) is 0 Å². The van der Waals surface area contributed by atoms with Crippen molar-refractivity contribution in [2.24, 2.45) is 35.5 Å². The molecule has 5 nitrogen and oxygen atoms in total. The van der Waals surface area contributed by atoms with Crippen LogP contribution in [0.3, 0.4) is 0 Å². The molecule has 31 heavy (non-hydrogen) atoms. The highest BCUT2D eigenvalue weighted by molar-refractivity contribution is 6.22. The van der Waals surface area contributed by atoms with Crippen molar-refractivity contribution in [2.75, 3.05) is 11.5 Å². The molecule has 2 aromatic rings. The van der Waals surface area contributed by atoms with Crippen molar-refractivity contribution in [1.29, 1.82) is 0 Å². The first-order valence-corrected chi connectivity index (χ1v) is 10.6. The largest absolute Gasteiger partial charge is 0.485 e. The molecule has 2 amide bonds. The molecule has 5 aliphatic rings. The Kier molecular flexibility index (Phi) is 3.94. The Balaban J connectivity index is 1.20. The minimum absolute atomic E-state index is 0.126. The quantitative estimate of drug-likeness (QED) is 0.423. The summed E-state index contributed by atoms with van der Waals surface area (Å²) in [7, 11) is 0. The maximum absolute atomic E-state index is 13.2. The molecule has 2 saturated carbocycles. The Hall–Kier alpha value is -3.28. The Morgan fingerprint density at radius 3 is 2.26 bits per heavy atom. The minimum atomic E-state index is -0.411. The number of ether oxygens (including phenoxy) is 1. The highest BCUT2D eigenvalue weighted by Gasteiger charge is 2.67. The molecule has 3 fully saturated rings. The zero-order valence-electron chi connectivity index (χ0n) is 16.6. The van der Waals surface area contributed by atoms with E-state index in [1.165, 1.54) is 29.2 Å². The van der Waals surface area contributed by atoms with Crippen LogP contribution in [0.15, 0.2) is 60.7 Å². The predicted octanol–water partition coefficient (Wildman–Crippen LogP) is 3.64. The number of hydrogen-bond donors (Lipinski definition) is 0. The Bertz CT molecular complexity index is 1100. The third-order valence-electron chi connectivity index (χ3n) is 7.27. The van der Waals surface area contributed by atoms with E-state index in [-0.39, 0.29) is 47.9 Å². The van der Waals surface area contributed by atoms with Crippen LogP contribution in [0.1, 0.15) is 16.8 Å². The Morgan fingerprint density at radius 2 is 1.61 bits per heavy atom. The summed E-state index contributed by atoms with van der Waals surface area (Å²) in [5.41, 5.74) is 0.831. The number of halogens is 1. The molecule has 1 aliphatic heterocycles. The lowest BCUT2D eigenvalue weighted by Crippen LogP contribution is -2.40. The molecule has 156 valence electrons. The Labute approximate surface area is 178 Å². The van der Waals surface area contributed by atoms with Gasteiger partial charge in [0.05, 0.1) is 17.5 Å². The van der Waals surface area contributed by atoms with Gasteiger partial charge in [-0.15, -0.1) is 0 Å². The standard InChI is InChI=1S/C25H20FNO4/c26-14-6-4-13(5-7-14)21(28)12-31-16-3-1-2-15(10-16)27-24(29)22-17-8-9-18(20-11-19(17)20)23(22)25(27)30/h1-10,17-20,22-23H,11-12H2/t17-,18-,19-,20-,22-,23+/m1/s1. The molecule has 0 aromatic heterocycles. The summed E-state index contributed by atoms with van der Waals surface area (Å²) in [5, 5.41) is 0. The number of benzene rings is 2. The summed E-state index contributed by atoms with van der Waals surface area (Å²) in [6, 6.07) is 12.0. The molecular formula is C25H20FNO4. The lowest BCUT2D eigenvalue weighted by molar-refractivity contribution is -0.124. The van der Waals surface area contributed by atoms with Gasteiger partial charge in [0.2, 0.25) is 11.8 Å². The third kappa shape index (κ3) is 2.77. The number of amides is 2. The van der Waals surface area contributed by atoms with Gasteiger partial charge in [0.15, 0.2) is 12.4 Å². The lowest BCUT2D eigenvalue weighted by Gasteiger charge is -2.37. The van der Waals surface area contributed by atoms with Crippen LogP contribution in [0.25, 0.3) is 0 Å². The van der Waals surface area contributed by atoms with Gasteiger partial charge in [-0.3, -0.25) is 14.4 Å². The van der Waals surface area contributed by atoms with E-state index in [9.17, 15) is 18.8 Å². The molecule has 0 spiro atoms. The van der Waals surface area contributed by atoms with E-state index < -0.39 is 5.82 Å². The highest BCUT2D eigenvalue weighted by Crippen LogP contribution is 2.65. The summed E-state index contributed by atoms with van der Waals surface area (Å²) in [4.78, 5) is 40.1. The topological polar surface area (TPSA) is 63.7 Å². The number of Topliss-reactive ketones (excluding diaryl/α,β-unsaturated/α-hetero) is 1. The van der Waals surface area contributed by atoms with Gasteiger partial charge < -0.3 is 4.74 Å². The molecule has 1 saturated heterocycles. The summed E-state index contributed by atoms with van der Waals surface area (Å²) in [6.45, 7) is -0.223. The molecule has 1 heterocycles. The van der Waals surface area contributed by atoms with E-state index in [0.29, 0.717) is 28.8 Å². The van der Waals surface area contributed by atoms with Crippen molar-refractivity contribution in [3.8, 4) is 5.75 Å². The molecule has 6 atom stereocenters. The highest BCUT2D eigenvalue weighted by atomic mass is 19.1. The van der Waals surface area contributed by atoms with Gasteiger partial charge in [-0.2, -0.15) is 0 Å². The molecule has 6 heteroatoms. The van der Waals surface area contributed by atoms with Crippen molar-refractivity contribution in [3.05, 3.63) is 72.1 Å². The van der Waals surface area contributed by atoms with Crippen LogP contribution in [-0.2, 0) is 9.59 Å². The average Bonchev–Trinajstić information content (AvgIpc) is 3.56. The van der Waals surface area contributed by atoms with Crippen LogP contribution in [0, 0.1) is 41.3 Å². The van der Waals surface area contributed by atoms with E-state index in [1.807, 2.05) is 0 Å². The number of ketones is 1. The van der Waals surface area contributed by atoms with Crippen LogP contribution in [0.2, 0.25) is 0 Å². The van der Waals surface area contributed by atoms with Crippen molar-refractivity contribution in [3.63, 3.8) is 0 Å². The van der Waals surface area contributed by atoms with Gasteiger partial charge in [-0.05, 0) is 66.5 Å².